The molecule has 0 aliphatic carbocycles. The first-order chi connectivity index (χ1) is 9.07. The van der Waals surface area contributed by atoms with E-state index in [2.05, 4.69) is 0 Å². The number of nitriles is 1. The fourth-order valence-corrected chi connectivity index (χ4v) is 3.38. The van der Waals surface area contributed by atoms with Crippen molar-refractivity contribution in [1.29, 1.82) is 5.26 Å². The molecule has 0 heterocycles. The standard InChI is InChI=1S/C13H18N2O3S/c1-3-8-15(9-10-18-2)19(16,17)13-7-5-4-6-12(13)11-14/h4-7H,3,8-10H2,1-2H3. The van der Waals surface area contributed by atoms with Crippen LogP contribution in [0.5, 0.6) is 0 Å². The van der Waals surface area contributed by atoms with Crippen molar-refractivity contribution in [2.75, 3.05) is 26.8 Å². The van der Waals surface area contributed by atoms with Crippen molar-refractivity contribution in [3.05, 3.63) is 29.8 Å². The normalized spacial score (nSPS) is 11.5. The van der Waals surface area contributed by atoms with Gasteiger partial charge in [-0.15, -0.1) is 0 Å². The van der Waals surface area contributed by atoms with Crippen LogP contribution in [-0.2, 0) is 14.8 Å². The van der Waals surface area contributed by atoms with E-state index in [-0.39, 0.29) is 17.0 Å². The predicted octanol–water partition coefficient (Wildman–Crippen LogP) is 1.61. The van der Waals surface area contributed by atoms with Gasteiger partial charge in [-0.25, -0.2) is 8.42 Å². The molecule has 0 bridgehead atoms. The highest BCUT2D eigenvalue weighted by Gasteiger charge is 2.25. The monoisotopic (exact) mass is 282 g/mol. The van der Waals surface area contributed by atoms with Crippen LogP contribution >= 0.6 is 0 Å². The fraction of sp³-hybridized carbons (Fsp3) is 0.462. The van der Waals surface area contributed by atoms with Crippen molar-refractivity contribution < 1.29 is 13.2 Å². The third-order valence-corrected chi connectivity index (χ3v) is 4.60. The molecule has 5 nitrogen and oxygen atoms in total. The van der Waals surface area contributed by atoms with Gasteiger partial charge < -0.3 is 4.74 Å². The van der Waals surface area contributed by atoms with Crippen LogP contribution in [-0.4, -0.2) is 39.5 Å². The molecule has 1 aromatic rings. The topological polar surface area (TPSA) is 70.4 Å². The van der Waals surface area contributed by atoms with Crippen LogP contribution in [0.25, 0.3) is 0 Å². The van der Waals surface area contributed by atoms with E-state index in [1.807, 2.05) is 13.0 Å². The third-order valence-electron chi connectivity index (χ3n) is 2.64. The number of sulfonamides is 1. The zero-order valence-corrected chi connectivity index (χ0v) is 12.0. The molecule has 1 rings (SSSR count). The molecule has 0 unspecified atom stereocenters. The van der Waals surface area contributed by atoms with E-state index in [0.717, 1.165) is 0 Å². The van der Waals surface area contributed by atoms with E-state index in [1.54, 1.807) is 12.1 Å². The zero-order chi connectivity index (χ0) is 14.3. The highest BCUT2D eigenvalue weighted by Crippen LogP contribution is 2.19. The summed E-state index contributed by atoms with van der Waals surface area (Å²) in [5.74, 6) is 0. The average Bonchev–Trinajstić information content (AvgIpc) is 2.43. The Morgan fingerprint density at radius 2 is 2.00 bits per heavy atom. The minimum Gasteiger partial charge on any atom is -0.383 e. The molecule has 0 saturated heterocycles. The van der Waals surface area contributed by atoms with Gasteiger partial charge in [0, 0.05) is 20.2 Å². The molecule has 0 aromatic heterocycles. The number of benzene rings is 1. The van der Waals surface area contributed by atoms with E-state index < -0.39 is 10.0 Å². The Morgan fingerprint density at radius 1 is 1.32 bits per heavy atom. The van der Waals surface area contributed by atoms with E-state index in [0.29, 0.717) is 19.6 Å². The maximum atomic E-state index is 12.5. The number of hydrogen-bond acceptors (Lipinski definition) is 4. The zero-order valence-electron chi connectivity index (χ0n) is 11.2. The molecule has 0 aliphatic heterocycles. The molecule has 19 heavy (non-hydrogen) atoms. The average molecular weight is 282 g/mol. The molecule has 0 amide bonds. The Hall–Kier alpha value is -1.42. The first kappa shape index (κ1) is 15.6. The molecular formula is C13H18N2O3S. The van der Waals surface area contributed by atoms with Crippen molar-refractivity contribution in [3.8, 4) is 6.07 Å². The number of hydrogen-bond donors (Lipinski definition) is 0. The van der Waals surface area contributed by atoms with Crippen LogP contribution < -0.4 is 0 Å². The number of ether oxygens (including phenoxy) is 1. The van der Waals surface area contributed by atoms with Gasteiger partial charge in [-0.1, -0.05) is 19.1 Å². The third kappa shape index (κ3) is 3.77. The number of methoxy groups -OCH3 is 1. The van der Waals surface area contributed by atoms with Crippen molar-refractivity contribution in [1.82, 2.24) is 4.31 Å². The summed E-state index contributed by atoms with van der Waals surface area (Å²) >= 11 is 0. The quantitative estimate of drug-likeness (QED) is 0.761. The SMILES string of the molecule is CCCN(CCOC)S(=O)(=O)c1ccccc1C#N. The van der Waals surface area contributed by atoms with Gasteiger partial charge in [-0.05, 0) is 18.6 Å². The van der Waals surface area contributed by atoms with E-state index in [4.69, 9.17) is 10.00 Å². The number of nitrogens with zero attached hydrogens (tertiary/aromatic N) is 2. The van der Waals surface area contributed by atoms with Crippen molar-refractivity contribution in [2.45, 2.75) is 18.2 Å². The summed E-state index contributed by atoms with van der Waals surface area (Å²) in [7, 11) is -2.12. The maximum absolute atomic E-state index is 12.5. The predicted molar refractivity (Wildman–Crippen MR) is 72.1 cm³/mol. The summed E-state index contributed by atoms with van der Waals surface area (Å²) in [4.78, 5) is 0.0575. The molecule has 0 spiro atoms. The first-order valence-corrected chi connectivity index (χ1v) is 7.50. The summed E-state index contributed by atoms with van der Waals surface area (Å²) < 4.78 is 31.3. The van der Waals surface area contributed by atoms with Gasteiger partial charge in [0.15, 0.2) is 0 Å². The Labute approximate surface area is 114 Å². The summed E-state index contributed by atoms with van der Waals surface area (Å²) in [6.45, 7) is 2.93. The Morgan fingerprint density at radius 3 is 2.58 bits per heavy atom. The first-order valence-electron chi connectivity index (χ1n) is 6.06. The molecule has 6 heteroatoms. The lowest BCUT2D eigenvalue weighted by Gasteiger charge is -2.21. The Bertz CT molecular complexity index is 549. The second kappa shape index (κ2) is 7.24. The van der Waals surface area contributed by atoms with Gasteiger partial charge in [0.1, 0.15) is 6.07 Å². The van der Waals surface area contributed by atoms with Crippen LogP contribution in [0.3, 0.4) is 0 Å². The molecule has 104 valence electrons. The highest BCUT2D eigenvalue weighted by molar-refractivity contribution is 7.89. The number of rotatable bonds is 7. The lowest BCUT2D eigenvalue weighted by Crippen LogP contribution is -2.35. The van der Waals surface area contributed by atoms with Crippen molar-refractivity contribution >= 4 is 10.0 Å². The smallest absolute Gasteiger partial charge is 0.244 e. The van der Waals surface area contributed by atoms with E-state index in [1.165, 1.54) is 23.5 Å². The summed E-state index contributed by atoms with van der Waals surface area (Å²) in [6, 6.07) is 8.16. The molecule has 0 saturated carbocycles. The molecule has 1 aromatic carbocycles. The van der Waals surface area contributed by atoms with E-state index in [9.17, 15) is 8.42 Å². The van der Waals surface area contributed by atoms with Gasteiger partial charge >= 0.3 is 0 Å². The van der Waals surface area contributed by atoms with Crippen LogP contribution in [0.1, 0.15) is 18.9 Å². The Kier molecular flexibility index (Phi) is 5.96. The molecule has 0 N–H and O–H groups in total. The summed E-state index contributed by atoms with van der Waals surface area (Å²) in [6.07, 6.45) is 0.706. The van der Waals surface area contributed by atoms with Crippen molar-refractivity contribution in [2.24, 2.45) is 0 Å². The lowest BCUT2D eigenvalue weighted by atomic mass is 10.2. The summed E-state index contributed by atoms with van der Waals surface area (Å²) in [5, 5.41) is 9.01. The minimum atomic E-state index is -3.65. The molecular weight excluding hydrogens is 264 g/mol. The lowest BCUT2D eigenvalue weighted by molar-refractivity contribution is 0.179. The van der Waals surface area contributed by atoms with Crippen LogP contribution in [0.4, 0.5) is 0 Å². The van der Waals surface area contributed by atoms with Gasteiger partial charge in [-0.2, -0.15) is 9.57 Å². The minimum absolute atomic E-state index is 0.0575. The van der Waals surface area contributed by atoms with Crippen molar-refractivity contribution in [3.63, 3.8) is 0 Å². The van der Waals surface area contributed by atoms with Crippen LogP contribution in [0.2, 0.25) is 0 Å². The van der Waals surface area contributed by atoms with Gasteiger partial charge in [0.2, 0.25) is 10.0 Å². The van der Waals surface area contributed by atoms with Crippen LogP contribution in [0.15, 0.2) is 29.2 Å². The Balaban J connectivity index is 3.15. The van der Waals surface area contributed by atoms with Gasteiger partial charge in [0.25, 0.3) is 0 Å². The molecule has 0 radical (unpaired) electrons. The van der Waals surface area contributed by atoms with E-state index >= 15 is 0 Å². The summed E-state index contributed by atoms with van der Waals surface area (Å²) in [5.41, 5.74) is 0.168. The molecule has 0 atom stereocenters. The highest BCUT2D eigenvalue weighted by atomic mass is 32.2. The second-order valence-corrected chi connectivity index (χ2v) is 5.91. The van der Waals surface area contributed by atoms with Gasteiger partial charge in [-0.3, -0.25) is 0 Å². The van der Waals surface area contributed by atoms with Crippen LogP contribution in [0, 0.1) is 11.3 Å². The molecule has 0 fully saturated rings. The van der Waals surface area contributed by atoms with Gasteiger partial charge in [0.05, 0.1) is 17.1 Å². The largest absolute Gasteiger partial charge is 0.383 e. The maximum Gasteiger partial charge on any atom is 0.244 e. The molecule has 0 aliphatic rings. The second-order valence-electron chi connectivity index (χ2n) is 4.00. The fourth-order valence-electron chi connectivity index (χ4n) is 1.72.